The molecular weight excluding hydrogens is 410 g/mol. The largest absolute Gasteiger partial charge is 0.334 e. The molecule has 160 valence electrons. The number of anilines is 1. The number of benzene rings is 1. The number of rotatable bonds is 5. The standard InChI is InChI=1S/C22H25N7OS/c1-22(2,3)18-11-20(28(4)27-18)25-21(30)23-12-15-7-5-6-8-17(15)31-16-9-10-19-26-24-14-29(19)13-16/h5-11,13-14H,12H2,1-4H3,(H2,23,25,30). The number of pyridine rings is 1. The number of amides is 2. The van der Waals surface area contributed by atoms with Crippen LogP contribution in [0.4, 0.5) is 10.6 Å². The maximum atomic E-state index is 12.5. The van der Waals surface area contributed by atoms with E-state index in [1.165, 1.54) is 0 Å². The van der Waals surface area contributed by atoms with Gasteiger partial charge in [0.15, 0.2) is 5.65 Å². The van der Waals surface area contributed by atoms with Crippen LogP contribution in [0.2, 0.25) is 0 Å². The highest BCUT2D eigenvalue weighted by Crippen LogP contribution is 2.30. The Morgan fingerprint density at radius 3 is 2.74 bits per heavy atom. The van der Waals surface area contributed by atoms with Gasteiger partial charge in [-0.05, 0) is 23.8 Å². The lowest BCUT2D eigenvalue weighted by Gasteiger charge is -2.13. The van der Waals surface area contributed by atoms with E-state index in [0.29, 0.717) is 12.4 Å². The third kappa shape index (κ3) is 4.88. The highest BCUT2D eigenvalue weighted by atomic mass is 32.2. The minimum Gasteiger partial charge on any atom is -0.334 e. The van der Waals surface area contributed by atoms with Gasteiger partial charge in [0.25, 0.3) is 0 Å². The summed E-state index contributed by atoms with van der Waals surface area (Å²) in [5.41, 5.74) is 2.69. The van der Waals surface area contributed by atoms with Crippen LogP contribution >= 0.6 is 11.8 Å². The van der Waals surface area contributed by atoms with E-state index in [1.54, 1.807) is 22.8 Å². The molecule has 31 heavy (non-hydrogen) atoms. The highest BCUT2D eigenvalue weighted by molar-refractivity contribution is 7.99. The molecular formula is C22H25N7OS. The lowest BCUT2D eigenvalue weighted by molar-refractivity contribution is 0.251. The highest BCUT2D eigenvalue weighted by Gasteiger charge is 2.19. The zero-order valence-electron chi connectivity index (χ0n) is 18.0. The van der Waals surface area contributed by atoms with Gasteiger partial charge in [-0.3, -0.25) is 14.4 Å². The van der Waals surface area contributed by atoms with Gasteiger partial charge >= 0.3 is 6.03 Å². The normalized spacial score (nSPS) is 11.6. The van der Waals surface area contributed by atoms with E-state index >= 15 is 0 Å². The number of fused-ring (bicyclic) bond motifs is 1. The fraction of sp³-hybridized carbons (Fsp3) is 0.273. The van der Waals surface area contributed by atoms with Crippen LogP contribution < -0.4 is 10.6 Å². The predicted octanol–water partition coefficient (Wildman–Crippen LogP) is 4.23. The zero-order valence-corrected chi connectivity index (χ0v) is 18.8. The molecule has 0 unspecified atom stereocenters. The van der Waals surface area contributed by atoms with Crippen molar-refractivity contribution in [1.29, 1.82) is 0 Å². The van der Waals surface area contributed by atoms with Gasteiger partial charge in [0.2, 0.25) is 0 Å². The van der Waals surface area contributed by atoms with Crippen LogP contribution in [-0.4, -0.2) is 30.4 Å². The summed E-state index contributed by atoms with van der Waals surface area (Å²) in [7, 11) is 1.82. The summed E-state index contributed by atoms with van der Waals surface area (Å²) in [6, 6.07) is 13.6. The second-order valence-corrected chi connectivity index (χ2v) is 9.38. The average molecular weight is 436 g/mol. The molecule has 0 atom stereocenters. The molecule has 0 aliphatic heterocycles. The van der Waals surface area contributed by atoms with Crippen molar-refractivity contribution in [3.05, 3.63) is 66.2 Å². The topological polar surface area (TPSA) is 89.1 Å². The summed E-state index contributed by atoms with van der Waals surface area (Å²) >= 11 is 1.63. The van der Waals surface area contributed by atoms with Crippen molar-refractivity contribution in [2.24, 2.45) is 7.05 Å². The van der Waals surface area contributed by atoms with Crippen molar-refractivity contribution < 1.29 is 4.79 Å². The third-order valence-electron chi connectivity index (χ3n) is 4.79. The summed E-state index contributed by atoms with van der Waals surface area (Å²) in [5.74, 6) is 0.660. The second kappa shape index (κ2) is 8.43. The molecule has 0 bridgehead atoms. The number of carbonyl (C=O) groups excluding carboxylic acids is 1. The van der Waals surface area contributed by atoms with Gasteiger partial charge in [-0.15, -0.1) is 10.2 Å². The van der Waals surface area contributed by atoms with Crippen LogP contribution in [0.5, 0.6) is 0 Å². The van der Waals surface area contributed by atoms with Crippen molar-refractivity contribution in [1.82, 2.24) is 29.7 Å². The van der Waals surface area contributed by atoms with Crippen molar-refractivity contribution in [3.8, 4) is 0 Å². The average Bonchev–Trinajstić information content (AvgIpc) is 3.33. The minimum atomic E-state index is -0.269. The molecule has 1 aromatic carbocycles. The van der Waals surface area contributed by atoms with Gasteiger partial charge < -0.3 is 5.32 Å². The predicted molar refractivity (Wildman–Crippen MR) is 121 cm³/mol. The molecule has 3 heterocycles. The van der Waals surface area contributed by atoms with E-state index in [4.69, 9.17) is 0 Å². The lowest BCUT2D eigenvalue weighted by Crippen LogP contribution is -2.29. The van der Waals surface area contributed by atoms with Gasteiger partial charge in [-0.2, -0.15) is 5.10 Å². The van der Waals surface area contributed by atoms with Crippen molar-refractivity contribution in [3.63, 3.8) is 0 Å². The molecule has 4 aromatic rings. The molecule has 0 fully saturated rings. The third-order valence-corrected chi connectivity index (χ3v) is 5.89. The summed E-state index contributed by atoms with van der Waals surface area (Å²) in [6.45, 7) is 6.69. The molecule has 8 nitrogen and oxygen atoms in total. The van der Waals surface area contributed by atoms with Crippen molar-refractivity contribution in [2.45, 2.75) is 42.5 Å². The van der Waals surface area contributed by atoms with Gasteiger partial charge in [0, 0.05) is 41.1 Å². The smallest absolute Gasteiger partial charge is 0.320 e. The van der Waals surface area contributed by atoms with Crippen LogP contribution in [0.1, 0.15) is 32.0 Å². The van der Waals surface area contributed by atoms with Crippen molar-refractivity contribution >= 4 is 29.3 Å². The Balaban J connectivity index is 1.42. The van der Waals surface area contributed by atoms with Gasteiger partial charge in [-0.25, -0.2) is 4.79 Å². The quantitative estimate of drug-likeness (QED) is 0.490. The van der Waals surface area contributed by atoms with E-state index in [0.717, 1.165) is 26.7 Å². The molecule has 2 amide bonds. The molecule has 3 aromatic heterocycles. The second-order valence-electron chi connectivity index (χ2n) is 8.27. The monoisotopic (exact) mass is 435 g/mol. The fourth-order valence-electron chi connectivity index (χ4n) is 3.03. The van der Waals surface area contributed by atoms with Crippen LogP contribution in [0.15, 0.2) is 64.8 Å². The Morgan fingerprint density at radius 2 is 1.97 bits per heavy atom. The maximum Gasteiger partial charge on any atom is 0.320 e. The summed E-state index contributed by atoms with van der Waals surface area (Å²) in [6.07, 6.45) is 3.67. The van der Waals surface area contributed by atoms with Gasteiger partial charge in [0.05, 0.1) is 5.69 Å². The Bertz CT molecular complexity index is 1220. The minimum absolute atomic E-state index is 0.0832. The SMILES string of the molecule is Cn1nc(C(C)(C)C)cc1NC(=O)NCc1ccccc1Sc1ccc2nncn2c1. The van der Waals surface area contributed by atoms with Gasteiger partial charge in [0.1, 0.15) is 12.1 Å². The number of hydrogen-bond acceptors (Lipinski definition) is 5. The fourth-order valence-corrected chi connectivity index (χ4v) is 4.00. The molecule has 0 saturated heterocycles. The molecule has 0 radical (unpaired) electrons. The van der Waals surface area contributed by atoms with E-state index < -0.39 is 0 Å². The lowest BCUT2D eigenvalue weighted by atomic mass is 9.92. The van der Waals surface area contributed by atoms with E-state index in [1.807, 2.05) is 60.1 Å². The number of aryl methyl sites for hydroxylation is 1. The van der Waals surface area contributed by atoms with Gasteiger partial charge in [-0.1, -0.05) is 50.7 Å². The number of hydrogen-bond donors (Lipinski definition) is 2. The number of urea groups is 1. The Kier molecular flexibility index (Phi) is 5.69. The Hall–Kier alpha value is -3.33. The van der Waals surface area contributed by atoms with E-state index in [9.17, 15) is 4.79 Å². The molecule has 0 aliphatic rings. The van der Waals surface area contributed by atoms with Crippen LogP contribution in [0.25, 0.3) is 5.65 Å². The molecule has 4 rings (SSSR count). The van der Waals surface area contributed by atoms with Crippen LogP contribution in [-0.2, 0) is 19.0 Å². The molecule has 0 saturated carbocycles. The van der Waals surface area contributed by atoms with Crippen LogP contribution in [0, 0.1) is 0 Å². The summed E-state index contributed by atoms with van der Waals surface area (Å²) in [4.78, 5) is 14.6. The number of nitrogens with one attached hydrogen (secondary N) is 2. The number of nitrogens with zero attached hydrogens (tertiary/aromatic N) is 5. The number of aromatic nitrogens is 5. The molecule has 2 N–H and O–H groups in total. The zero-order chi connectivity index (χ0) is 22.0. The molecule has 0 aliphatic carbocycles. The summed E-state index contributed by atoms with van der Waals surface area (Å²) < 4.78 is 3.57. The van der Waals surface area contributed by atoms with Crippen LogP contribution in [0.3, 0.4) is 0 Å². The first-order chi connectivity index (χ1) is 14.8. The number of carbonyl (C=O) groups is 1. The first-order valence-electron chi connectivity index (χ1n) is 9.94. The Morgan fingerprint density at radius 1 is 1.16 bits per heavy atom. The first-order valence-corrected chi connectivity index (χ1v) is 10.8. The molecule has 0 spiro atoms. The first kappa shape index (κ1) is 20.9. The molecule has 9 heteroatoms. The maximum absolute atomic E-state index is 12.5. The summed E-state index contributed by atoms with van der Waals surface area (Å²) in [5, 5.41) is 18.3. The van der Waals surface area contributed by atoms with E-state index in [-0.39, 0.29) is 11.4 Å². The Labute approximate surface area is 185 Å². The van der Waals surface area contributed by atoms with E-state index in [2.05, 4.69) is 46.7 Å². The van der Waals surface area contributed by atoms with Crippen molar-refractivity contribution in [2.75, 3.05) is 5.32 Å².